The van der Waals surface area contributed by atoms with Gasteiger partial charge in [0.1, 0.15) is 0 Å². The zero-order valence-electron chi connectivity index (χ0n) is 32.3. The number of aromatic nitrogens is 3. The molecule has 0 aliphatic heterocycles. The molecule has 0 fully saturated rings. The average Bonchev–Trinajstić information content (AvgIpc) is 3.96. The highest BCUT2D eigenvalue weighted by Crippen LogP contribution is 2.63. The maximum atomic E-state index is 5.52. The lowest BCUT2D eigenvalue weighted by atomic mass is 9.70. The summed E-state index contributed by atoms with van der Waals surface area (Å²) < 4.78 is 2.42. The second-order valence-corrected chi connectivity index (χ2v) is 16.8. The molecule has 2 aliphatic carbocycles. The van der Waals surface area contributed by atoms with Crippen molar-refractivity contribution < 1.29 is 0 Å². The molecule has 0 bridgehead atoms. The van der Waals surface area contributed by atoms with Gasteiger partial charge in [-0.1, -0.05) is 188 Å². The van der Waals surface area contributed by atoms with E-state index >= 15 is 0 Å². The Morgan fingerprint density at radius 1 is 0.300 bits per heavy atom. The first-order chi connectivity index (χ1) is 29.8. The number of hydrogen-bond donors (Lipinski definition) is 0. The number of nitrogens with zero attached hydrogens (tertiary/aromatic N) is 3. The van der Waals surface area contributed by atoms with Crippen LogP contribution in [0.3, 0.4) is 0 Å². The second-order valence-electron chi connectivity index (χ2n) is 15.8. The summed E-state index contributed by atoms with van der Waals surface area (Å²) in [6, 6.07) is 72.4. The average molecular weight is 780 g/mol. The molecule has 0 N–H and O–H groups in total. The monoisotopic (exact) mass is 779 g/mol. The van der Waals surface area contributed by atoms with Gasteiger partial charge in [-0.15, -0.1) is 11.3 Å². The molecule has 0 saturated carbocycles. The second kappa shape index (κ2) is 12.7. The quantitative estimate of drug-likeness (QED) is 0.179. The van der Waals surface area contributed by atoms with Gasteiger partial charge in [-0.05, 0) is 78.5 Å². The van der Waals surface area contributed by atoms with Crippen molar-refractivity contribution in [1.29, 1.82) is 0 Å². The van der Waals surface area contributed by atoms with E-state index in [1.807, 2.05) is 0 Å². The molecule has 11 aromatic rings. The van der Waals surface area contributed by atoms with Crippen LogP contribution in [0.5, 0.6) is 0 Å². The number of fused-ring (bicyclic) bond motifs is 14. The van der Waals surface area contributed by atoms with E-state index in [0.717, 1.165) is 27.8 Å². The zero-order valence-corrected chi connectivity index (χ0v) is 33.1. The van der Waals surface area contributed by atoms with Crippen LogP contribution < -0.4 is 0 Å². The summed E-state index contributed by atoms with van der Waals surface area (Å²) in [5.74, 6) is 1.96. The van der Waals surface area contributed by atoms with Crippen LogP contribution in [0.15, 0.2) is 200 Å². The summed E-state index contributed by atoms with van der Waals surface area (Å²) in [4.78, 5) is 16.5. The minimum Gasteiger partial charge on any atom is -0.208 e. The standard InChI is InChI=1S/C56H33N3S/c1-2-18-35-34(16-1)17-13-25-36(35)37-19-3-4-23-42(37)53-57-54(59-55(58-53)45-28-14-26-41-40-22-8-12-33-50(40)60-52(41)45)44-27-15-32-49-51(44)43-24-7-11-31-48(43)56(49)46-29-9-5-20-38(46)39-21-6-10-30-47(39)56/h1-33H. The van der Waals surface area contributed by atoms with Gasteiger partial charge in [-0.25, -0.2) is 15.0 Å². The first-order valence-corrected chi connectivity index (χ1v) is 21.3. The number of rotatable bonds is 4. The van der Waals surface area contributed by atoms with E-state index in [4.69, 9.17) is 15.0 Å². The van der Waals surface area contributed by atoms with E-state index in [9.17, 15) is 0 Å². The molecular formula is C56H33N3S. The smallest absolute Gasteiger partial charge is 0.165 e. The van der Waals surface area contributed by atoms with Crippen molar-refractivity contribution in [3.05, 3.63) is 222 Å². The first kappa shape index (κ1) is 33.4. The highest BCUT2D eigenvalue weighted by Gasteiger charge is 2.52. The molecule has 3 nitrogen and oxygen atoms in total. The summed E-state index contributed by atoms with van der Waals surface area (Å²) in [5, 5.41) is 4.84. The number of benzene rings is 9. The van der Waals surface area contributed by atoms with Crippen LogP contribution in [-0.2, 0) is 5.41 Å². The Labute approximate surface area is 351 Å². The third kappa shape index (κ3) is 4.57. The molecule has 2 heterocycles. The van der Waals surface area contributed by atoms with Gasteiger partial charge in [0.25, 0.3) is 0 Å². The SMILES string of the molecule is c1ccc(-c2cccc3ccccc23)c(-c2nc(-c3cccc4c3-c3ccccc3C43c4ccccc4-c4ccccc43)nc(-c3cccc4c3sc3ccccc34)n2)c1. The lowest BCUT2D eigenvalue weighted by molar-refractivity contribution is 0.794. The Morgan fingerprint density at radius 3 is 1.52 bits per heavy atom. The molecule has 0 unspecified atom stereocenters. The van der Waals surface area contributed by atoms with Gasteiger partial charge in [-0.2, -0.15) is 0 Å². The highest BCUT2D eigenvalue weighted by atomic mass is 32.1. The van der Waals surface area contributed by atoms with Gasteiger partial charge < -0.3 is 0 Å². The Bertz CT molecular complexity index is 3530. The van der Waals surface area contributed by atoms with Gasteiger partial charge in [0, 0.05) is 36.9 Å². The summed E-state index contributed by atoms with van der Waals surface area (Å²) in [7, 11) is 0. The van der Waals surface area contributed by atoms with Crippen molar-refractivity contribution in [3.63, 3.8) is 0 Å². The van der Waals surface area contributed by atoms with E-state index in [0.29, 0.717) is 17.5 Å². The zero-order chi connectivity index (χ0) is 39.4. The first-order valence-electron chi connectivity index (χ1n) is 20.4. The minimum atomic E-state index is -0.475. The highest BCUT2D eigenvalue weighted by molar-refractivity contribution is 7.26. The van der Waals surface area contributed by atoms with Crippen LogP contribution in [0.1, 0.15) is 22.3 Å². The lowest BCUT2D eigenvalue weighted by Crippen LogP contribution is -2.25. The Kier molecular flexibility index (Phi) is 7.10. The number of hydrogen-bond acceptors (Lipinski definition) is 4. The summed E-state index contributed by atoms with van der Waals surface area (Å²) in [5.41, 5.74) is 14.8. The van der Waals surface area contributed by atoms with Crippen LogP contribution in [-0.4, -0.2) is 15.0 Å². The van der Waals surface area contributed by atoms with E-state index in [2.05, 4.69) is 200 Å². The molecule has 13 rings (SSSR count). The van der Waals surface area contributed by atoms with Crippen LogP contribution in [0, 0.1) is 0 Å². The van der Waals surface area contributed by atoms with E-state index in [1.165, 1.54) is 75.5 Å². The van der Waals surface area contributed by atoms with Gasteiger partial charge in [-0.3, -0.25) is 0 Å². The van der Waals surface area contributed by atoms with Gasteiger partial charge in [0.05, 0.1) is 5.41 Å². The van der Waals surface area contributed by atoms with Crippen molar-refractivity contribution in [3.8, 4) is 67.5 Å². The van der Waals surface area contributed by atoms with Gasteiger partial charge in [0.15, 0.2) is 17.5 Å². The minimum absolute atomic E-state index is 0.475. The fourth-order valence-electron chi connectivity index (χ4n) is 10.4. The Balaban J connectivity index is 1.11. The predicted octanol–water partition coefficient (Wildman–Crippen LogP) is 14.4. The van der Waals surface area contributed by atoms with Crippen LogP contribution >= 0.6 is 11.3 Å². The molecule has 1 spiro atoms. The molecule has 4 heteroatoms. The van der Waals surface area contributed by atoms with E-state index < -0.39 is 5.41 Å². The molecule has 278 valence electrons. The number of thiophene rings is 1. The summed E-state index contributed by atoms with van der Waals surface area (Å²) >= 11 is 1.80. The van der Waals surface area contributed by atoms with Crippen molar-refractivity contribution in [2.45, 2.75) is 5.41 Å². The topological polar surface area (TPSA) is 38.7 Å². The fraction of sp³-hybridized carbons (Fsp3) is 0.0179. The van der Waals surface area contributed by atoms with Crippen LogP contribution in [0.25, 0.3) is 98.5 Å². The molecule has 0 atom stereocenters. The van der Waals surface area contributed by atoms with Gasteiger partial charge in [0.2, 0.25) is 0 Å². The molecular weight excluding hydrogens is 747 g/mol. The van der Waals surface area contributed by atoms with E-state index in [-0.39, 0.29) is 0 Å². The largest absolute Gasteiger partial charge is 0.208 e. The van der Waals surface area contributed by atoms with Crippen LogP contribution in [0.4, 0.5) is 0 Å². The van der Waals surface area contributed by atoms with Gasteiger partial charge >= 0.3 is 0 Å². The third-order valence-corrected chi connectivity index (χ3v) is 14.0. The third-order valence-electron chi connectivity index (χ3n) is 12.8. The molecule has 2 aliphatic rings. The molecule has 0 saturated heterocycles. The normalized spacial score (nSPS) is 13.1. The van der Waals surface area contributed by atoms with Crippen molar-refractivity contribution in [2.24, 2.45) is 0 Å². The maximum Gasteiger partial charge on any atom is 0.165 e. The molecule has 2 aromatic heterocycles. The Morgan fingerprint density at radius 2 is 0.750 bits per heavy atom. The molecule has 9 aromatic carbocycles. The summed E-state index contributed by atoms with van der Waals surface area (Å²) in [6.45, 7) is 0. The van der Waals surface area contributed by atoms with E-state index in [1.54, 1.807) is 11.3 Å². The molecule has 60 heavy (non-hydrogen) atoms. The molecule has 0 radical (unpaired) electrons. The van der Waals surface area contributed by atoms with Crippen molar-refractivity contribution >= 4 is 42.3 Å². The van der Waals surface area contributed by atoms with Crippen molar-refractivity contribution in [1.82, 2.24) is 15.0 Å². The fourth-order valence-corrected chi connectivity index (χ4v) is 11.6. The predicted molar refractivity (Wildman–Crippen MR) is 248 cm³/mol. The van der Waals surface area contributed by atoms with Crippen molar-refractivity contribution in [2.75, 3.05) is 0 Å². The maximum absolute atomic E-state index is 5.52. The molecule has 0 amide bonds. The summed E-state index contributed by atoms with van der Waals surface area (Å²) in [6.07, 6.45) is 0. The van der Waals surface area contributed by atoms with Crippen LogP contribution in [0.2, 0.25) is 0 Å². The lowest BCUT2D eigenvalue weighted by Gasteiger charge is -2.30. The Hall–Kier alpha value is -7.53.